The average Bonchev–Trinajstić information content (AvgIpc) is 3.00. The van der Waals surface area contributed by atoms with Gasteiger partial charge in [0.2, 0.25) is 0 Å². The third kappa shape index (κ3) is 3.32. The number of benzene rings is 2. The third-order valence-electron chi connectivity index (χ3n) is 3.46. The van der Waals surface area contributed by atoms with Crippen LogP contribution in [0.3, 0.4) is 0 Å². The summed E-state index contributed by atoms with van der Waals surface area (Å²) >= 11 is 0. The van der Waals surface area contributed by atoms with Crippen LogP contribution in [0.5, 0.6) is 0 Å². The molecule has 0 aliphatic rings. The van der Waals surface area contributed by atoms with E-state index in [2.05, 4.69) is 21.7 Å². The van der Waals surface area contributed by atoms with Crippen LogP contribution < -0.4 is 5.32 Å². The van der Waals surface area contributed by atoms with Gasteiger partial charge in [-0.3, -0.25) is 4.68 Å². The summed E-state index contributed by atoms with van der Waals surface area (Å²) in [6, 6.07) is 16.0. The summed E-state index contributed by atoms with van der Waals surface area (Å²) in [4.78, 5) is 0. The number of aryl methyl sites for hydroxylation is 1. The zero-order valence-corrected chi connectivity index (χ0v) is 12.4. The number of aliphatic hydroxyl groups is 1. The van der Waals surface area contributed by atoms with Crippen molar-refractivity contribution in [2.24, 2.45) is 7.05 Å². The van der Waals surface area contributed by atoms with E-state index in [1.165, 1.54) is 5.56 Å². The minimum Gasteiger partial charge on any atom is -0.392 e. The van der Waals surface area contributed by atoms with Gasteiger partial charge in [0.05, 0.1) is 12.8 Å². The molecule has 112 valence electrons. The summed E-state index contributed by atoms with van der Waals surface area (Å²) in [5.41, 5.74) is 5.03. The molecule has 0 spiro atoms. The maximum Gasteiger partial charge on any atom is 0.113 e. The lowest BCUT2D eigenvalue weighted by Crippen LogP contribution is -1.99. The minimum atomic E-state index is 0.0772. The van der Waals surface area contributed by atoms with Crippen LogP contribution in [0.1, 0.15) is 11.1 Å². The van der Waals surface area contributed by atoms with Crippen molar-refractivity contribution in [2.45, 2.75) is 13.2 Å². The van der Waals surface area contributed by atoms with E-state index in [9.17, 15) is 0 Å². The molecule has 5 nitrogen and oxygen atoms in total. The highest BCUT2D eigenvalue weighted by Crippen LogP contribution is 2.20. The number of aliphatic hydroxyl groups excluding tert-OH is 1. The molecule has 0 unspecified atom stereocenters. The molecular weight excluding hydrogens is 276 g/mol. The molecule has 1 aromatic heterocycles. The predicted octanol–water partition coefficient (Wildman–Crippen LogP) is 2.59. The Morgan fingerprint density at radius 3 is 2.55 bits per heavy atom. The topological polar surface area (TPSA) is 63.0 Å². The van der Waals surface area contributed by atoms with Crippen molar-refractivity contribution in [3.05, 3.63) is 65.9 Å². The molecule has 2 aromatic carbocycles. The number of nitrogens with zero attached hydrogens (tertiary/aromatic N) is 3. The van der Waals surface area contributed by atoms with Crippen LogP contribution in [0, 0.1) is 0 Å². The van der Waals surface area contributed by atoms with Crippen molar-refractivity contribution in [1.82, 2.24) is 15.0 Å². The number of hydrogen-bond acceptors (Lipinski definition) is 4. The highest BCUT2D eigenvalue weighted by molar-refractivity contribution is 5.64. The molecule has 0 saturated heterocycles. The van der Waals surface area contributed by atoms with Gasteiger partial charge in [0.15, 0.2) is 0 Å². The summed E-state index contributed by atoms with van der Waals surface area (Å²) in [5, 5.41) is 20.5. The second-order valence-electron chi connectivity index (χ2n) is 5.19. The van der Waals surface area contributed by atoms with Crippen LogP contribution in [-0.2, 0) is 20.2 Å². The quantitative estimate of drug-likeness (QED) is 0.759. The van der Waals surface area contributed by atoms with Gasteiger partial charge in [0, 0.05) is 24.8 Å². The van der Waals surface area contributed by atoms with E-state index < -0.39 is 0 Å². The van der Waals surface area contributed by atoms with E-state index in [1.54, 1.807) is 4.68 Å². The molecule has 2 N–H and O–H groups in total. The molecule has 1 heterocycles. The lowest BCUT2D eigenvalue weighted by Gasteiger charge is -2.08. The lowest BCUT2D eigenvalue weighted by molar-refractivity contribution is 0.282. The number of hydrogen-bond donors (Lipinski definition) is 2. The molecule has 3 aromatic rings. The van der Waals surface area contributed by atoms with E-state index in [-0.39, 0.29) is 6.61 Å². The van der Waals surface area contributed by atoms with Crippen molar-refractivity contribution in [1.29, 1.82) is 0 Å². The van der Waals surface area contributed by atoms with Crippen molar-refractivity contribution < 1.29 is 5.11 Å². The van der Waals surface area contributed by atoms with Gasteiger partial charge >= 0.3 is 0 Å². The summed E-state index contributed by atoms with van der Waals surface area (Å²) in [6.07, 6.45) is 1.90. The van der Waals surface area contributed by atoms with Gasteiger partial charge in [0.1, 0.15) is 5.69 Å². The third-order valence-corrected chi connectivity index (χ3v) is 3.46. The fourth-order valence-electron chi connectivity index (χ4n) is 2.23. The van der Waals surface area contributed by atoms with Crippen LogP contribution in [0.15, 0.2) is 54.7 Å². The molecule has 3 rings (SSSR count). The van der Waals surface area contributed by atoms with E-state index >= 15 is 0 Å². The first-order valence-electron chi connectivity index (χ1n) is 7.14. The summed E-state index contributed by atoms with van der Waals surface area (Å²) in [5.74, 6) is 0. The predicted molar refractivity (Wildman–Crippen MR) is 86.1 cm³/mol. The molecular formula is C17H18N4O. The van der Waals surface area contributed by atoms with Gasteiger partial charge in [-0.15, -0.1) is 5.10 Å². The first-order chi connectivity index (χ1) is 10.7. The van der Waals surface area contributed by atoms with Crippen molar-refractivity contribution in [2.75, 3.05) is 5.32 Å². The van der Waals surface area contributed by atoms with Crippen molar-refractivity contribution in [3.63, 3.8) is 0 Å². The minimum absolute atomic E-state index is 0.0772. The van der Waals surface area contributed by atoms with Crippen LogP contribution in [0.4, 0.5) is 5.69 Å². The molecule has 0 amide bonds. The first-order valence-corrected chi connectivity index (χ1v) is 7.14. The van der Waals surface area contributed by atoms with Gasteiger partial charge in [-0.05, 0) is 23.3 Å². The Morgan fingerprint density at radius 2 is 1.86 bits per heavy atom. The van der Waals surface area contributed by atoms with E-state index in [4.69, 9.17) is 5.11 Å². The van der Waals surface area contributed by atoms with E-state index in [0.29, 0.717) is 0 Å². The van der Waals surface area contributed by atoms with Crippen LogP contribution in [0.2, 0.25) is 0 Å². The Labute approximate surface area is 129 Å². The molecule has 0 aliphatic carbocycles. The number of aromatic nitrogens is 3. The van der Waals surface area contributed by atoms with Gasteiger partial charge in [-0.25, -0.2) is 0 Å². The molecule has 0 bridgehead atoms. The Hall–Kier alpha value is -2.66. The molecule has 0 atom stereocenters. The SMILES string of the molecule is Cn1cc(-c2cccc(NCc3ccc(CO)cc3)c2)nn1. The Kier molecular flexibility index (Phi) is 4.16. The molecule has 5 heteroatoms. The van der Waals surface area contributed by atoms with E-state index in [0.717, 1.165) is 29.1 Å². The van der Waals surface area contributed by atoms with Crippen LogP contribution in [-0.4, -0.2) is 20.1 Å². The summed E-state index contributed by atoms with van der Waals surface area (Å²) in [6.45, 7) is 0.809. The van der Waals surface area contributed by atoms with Crippen molar-refractivity contribution >= 4 is 5.69 Å². The second-order valence-corrected chi connectivity index (χ2v) is 5.19. The number of nitrogens with one attached hydrogen (secondary N) is 1. The monoisotopic (exact) mass is 294 g/mol. The maximum atomic E-state index is 9.05. The Balaban J connectivity index is 1.70. The largest absolute Gasteiger partial charge is 0.392 e. The van der Waals surface area contributed by atoms with Gasteiger partial charge in [0.25, 0.3) is 0 Å². The van der Waals surface area contributed by atoms with Crippen LogP contribution >= 0.6 is 0 Å². The summed E-state index contributed by atoms with van der Waals surface area (Å²) in [7, 11) is 1.86. The average molecular weight is 294 g/mol. The highest BCUT2D eigenvalue weighted by Gasteiger charge is 2.03. The van der Waals surface area contributed by atoms with E-state index in [1.807, 2.05) is 55.7 Å². The number of rotatable bonds is 5. The normalized spacial score (nSPS) is 10.6. The fraction of sp³-hybridized carbons (Fsp3) is 0.176. The molecule has 0 aliphatic heterocycles. The number of anilines is 1. The fourth-order valence-corrected chi connectivity index (χ4v) is 2.23. The Morgan fingerprint density at radius 1 is 1.09 bits per heavy atom. The smallest absolute Gasteiger partial charge is 0.113 e. The maximum absolute atomic E-state index is 9.05. The molecule has 0 saturated carbocycles. The van der Waals surface area contributed by atoms with Gasteiger partial charge in [-0.1, -0.05) is 41.6 Å². The lowest BCUT2D eigenvalue weighted by atomic mass is 10.1. The van der Waals surface area contributed by atoms with Gasteiger partial charge in [-0.2, -0.15) is 0 Å². The standard InChI is InChI=1S/C17H18N4O/c1-21-11-17(19-20-21)15-3-2-4-16(9-15)18-10-13-5-7-14(12-22)8-6-13/h2-9,11,18,22H,10,12H2,1H3. The van der Waals surface area contributed by atoms with Crippen molar-refractivity contribution in [3.8, 4) is 11.3 Å². The molecule has 0 radical (unpaired) electrons. The highest BCUT2D eigenvalue weighted by atomic mass is 16.3. The second kappa shape index (κ2) is 6.41. The van der Waals surface area contributed by atoms with Crippen LogP contribution in [0.25, 0.3) is 11.3 Å². The summed E-state index contributed by atoms with van der Waals surface area (Å²) < 4.78 is 1.69. The molecule has 22 heavy (non-hydrogen) atoms. The Bertz CT molecular complexity index is 749. The molecule has 0 fully saturated rings. The zero-order valence-electron chi connectivity index (χ0n) is 12.4. The first kappa shape index (κ1) is 14.3. The zero-order chi connectivity index (χ0) is 15.4. The van der Waals surface area contributed by atoms with Gasteiger partial charge < -0.3 is 10.4 Å².